The lowest BCUT2D eigenvalue weighted by atomic mass is 10.1. The Morgan fingerprint density at radius 1 is 1.09 bits per heavy atom. The molecule has 120 valence electrons. The maximum absolute atomic E-state index is 5.44. The Morgan fingerprint density at radius 2 is 1.91 bits per heavy atom. The maximum atomic E-state index is 5.44. The van der Waals surface area contributed by atoms with E-state index in [4.69, 9.17) is 4.42 Å². The number of aromatic nitrogens is 4. The summed E-state index contributed by atoms with van der Waals surface area (Å²) in [5.41, 5.74) is 3.53. The second-order valence-electron chi connectivity index (χ2n) is 5.22. The molecule has 0 amide bonds. The number of aryl methyl sites for hydroxylation is 3. The zero-order valence-electron chi connectivity index (χ0n) is 13.3. The van der Waals surface area contributed by atoms with Gasteiger partial charge in [0, 0.05) is 12.6 Å². The van der Waals surface area contributed by atoms with Crippen LogP contribution in [0.5, 0.6) is 0 Å². The van der Waals surface area contributed by atoms with Crippen LogP contribution in [-0.2, 0) is 0 Å². The number of thioether (sulfide) groups is 1. The summed E-state index contributed by atoms with van der Waals surface area (Å²) in [7, 11) is 0. The molecule has 0 radical (unpaired) electrons. The van der Waals surface area contributed by atoms with E-state index in [9.17, 15) is 0 Å². The number of nitrogens with zero attached hydrogens (tertiary/aromatic N) is 4. The van der Waals surface area contributed by atoms with Gasteiger partial charge in [-0.3, -0.25) is 0 Å². The summed E-state index contributed by atoms with van der Waals surface area (Å²) in [5, 5.41) is 20.4. The lowest BCUT2D eigenvalue weighted by molar-refractivity contribution is 0.470. The smallest absolute Gasteiger partial charge is 0.229 e. The third-order valence-electron chi connectivity index (χ3n) is 3.33. The largest absolute Gasteiger partial charge is 0.424 e. The number of nitrogens with one attached hydrogen (secondary N) is 1. The number of hydrogen-bond donors (Lipinski definition) is 1. The molecule has 0 saturated carbocycles. The standard InChI is InChI=1S/C15H17N5OS2/c1-8-5-6-12(7-9(8)2)16-14-19-20-15(23-14)22-10(3)13-18-17-11(4)21-13/h5-7,10H,1-4H3,(H,16,19). The first kappa shape index (κ1) is 15.9. The second kappa shape index (κ2) is 6.67. The molecule has 0 fully saturated rings. The summed E-state index contributed by atoms with van der Waals surface area (Å²) < 4.78 is 6.30. The molecule has 1 unspecified atom stereocenters. The molecule has 1 atom stereocenters. The van der Waals surface area contributed by atoms with Gasteiger partial charge in [-0.05, 0) is 44.0 Å². The molecule has 0 spiro atoms. The van der Waals surface area contributed by atoms with Crippen molar-refractivity contribution in [2.45, 2.75) is 37.3 Å². The quantitative estimate of drug-likeness (QED) is 0.683. The molecule has 0 aliphatic carbocycles. The van der Waals surface area contributed by atoms with Gasteiger partial charge >= 0.3 is 0 Å². The van der Waals surface area contributed by atoms with Crippen molar-refractivity contribution in [2.75, 3.05) is 5.32 Å². The molecule has 1 aromatic carbocycles. The van der Waals surface area contributed by atoms with Crippen LogP contribution in [0.2, 0.25) is 0 Å². The Hall–Kier alpha value is -1.93. The average molecular weight is 347 g/mol. The van der Waals surface area contributed by atoms with Crippen molar-refractivity contribution in [2.24, 2.45) is 0 Å². The third kappa shape index (κ3) is 3.89. The van der Waals surface area contributed by atoms with Gasteiger partial charge in [0.25, 0.3) is 0 Å². The fourth-order valence-corrected chi connectivity index (χ4v) is 3.87. The predicted molar refractivity (Wildman–Crippen MR) is 92.4 cm³/mol. The zero-order valence-corrected chi connectivity index (χ0v) is 15.0. The van der Waals surface area contributed by atoms with Crippen LogP contribution < -0.4 is 5.32 Å². The summed E-state index contributed by atoms with van der Waals surface area (Å²) in [4.78, 5) is 0. The summed E-state index contributed by atoms with van der Waals surface area (Å²) in [6, 6.07) is 6.24. The van der Waals surface area contributed by atoms with Crippen LogP contribution in [0.15, 0.2) is 27.0 Å². The van der Waals surface area contributed by atoms with Crippen molar-refractivity contribution in [1.29, 1.82) is 0 Å². The van der Waals surface area contributed by atoms with E-state index in [0.717, 1.165) is 15.2 Å². The van der Waals surface area contributed by atoms with Crippen LogP contribution >= 0.6 is 23.1 Å². The first-order valence-corrected chi connectivity index (χ1v) is 8.85. The van der Waals surface area contributed by atoms with E-state index >= 15 is 0 Å². The number of benzene rings is 1. The van der Waals surface area contributed by atoms with Gasteiger partial charge in [0.05, 0.1) is 5.25 Å². The molecular weight excluding hydrogens is 330 g/mol. The SMILES string of the molecule is Cc1nnc(C(C)Sc2nnc(Nc3ccc(C)c(C)c3)s2)o1. The van der Waals surface area contributed by atoms with E-state index in [1.165, 1.54) is 22.5 Å². The molecule has 0 aliphatic rings. The minimum atomic E-state index is 0.0404. The molecule has 0 bridgehead atoms. The van der Waals surface area contributed by atoms with Gasteiger partial charge in [-0.2, -0.15) is 0 Å². The van der Waals surface area contributed by atoms with Crippen molar-refractivity contribution < 1.29 is 4.42 Å². The van der Waals surface area contributed by atoms with E-state index in [-0.39, 0.29) is 5.25 Å². The van der Waals surface area contributed by atoms with Crippen molar-refractivity contribution in [3.05, 3.63) is 41.1 Å². The van der Waals surface area contributed by atoms with E-state index < -0.39 is 0 Å². The van der Waals surface area contributed by atoms with E-state index in [1.807, 2.05) is 13.0 Å². The summed E-state index contributed by atoms with van der Waals surface area (Å²) in [5.74, 6) is 1.17. The molecule has 3 aromatic rings. The molecule has 6 nitrogen and oxygen atoms in total. The summed E-state index contributed by atoms with van der Waals surface area (Å²) in [6.07, 6.45) is 0. The Balaban J connectivity index is 1.66. The molecule has 3 rings (SSSR count). The highest BCUT2D eigenvalue weighted by atomic mass is 32.2. The highest BCUT2D eigenvalue weighted by Crippen LogP contribution is 2.37. The molecular formula is C15H17N5OS2. The van der Waals surface area contributed by atoms with E-state index in [2.05, 4.69) is 51.7 Å². The van der Waals surface area contributed by atoms with E-state index in [0.29, 0.717) is 11.8 Å². The monoisotopic (exact) mass is 347 g/mol. The fourth-order valence-electron chi connectivity index (χ4n) is 1.93. The zero-order chi connectivity index (χ0) is 16.4. The maximum Gasteiger partial charge on any atom is 0.229 e. The van der Waals surface area contributed by atoms with Gasteiger partial charge in [-0.25, -0.2) is 0 Å². The number of anilines is 2. The van der Waals surface area contributed by atoms with Crippen LogP contribution in [-0.4, -0.2) is 20.4 Å². The molecule has 2 aromatic heterocycles. The van der Waals surface area contributed by atoms with Crippen LogP contribution in [0, 0.1) is 20.8 Å². The highest BCUT2D eigenvalue weighted by molar-refractivity contribution is 8.01. The fraction of sp³-hybridized carbons (Fsp3) is 0.333. The third-order valence-corrected chi connectivity index (χ3v) is 5.34. The molecule has 23 heavy (non-hydrogen) atoms. The van der Waals surface area contributed by atoms with E-state index in [1.54, 1.807) is 18.7 Å². The lowest BCUT2D eigenvalue weighted by Gasteiger charge is -2.05. The van der Waals surface area contributed by atoms with Gasteiger partial charge in [-0.15, -0.1) is 20.4 Å². The average Bonchev–Trinajstić information content (AvgIpc) is 3.12. The van der Waals surface area contributed by atoms with Crippen molar-refractivity contribution in [3.8, 4) is 0 Å². The van der Waals surface area contributed by atoms with Gasteiger partial charge < -0.3 is 9.73 Å². The van der Waals surface area contributed by atoms with Gasteiger partial charge in [-0.1, -0.05) is 29.2 Å². The number of rotatable bonds is 5. The van der Waals surface area contributed by atoms with Crippen molar-refractivity contribution in [3.63, 3.8) is 0 Å². The number of hydrogen-bond acceptors (Lipinski definition) is 8. The van der Waals surface area contributed by atoms with Gasteiger partial charge in [0.1, 0.15) is 0 Å². The van der Waals surface area contributed by atoms with Crippen molar-refractivity contribution >= 4 is 33.9 Å². The first-order valence-electron chi connectivity index (χ1n) is 7.15. The normalized spacial score (nSPS) is 12.3. The minimum Gasteiger partial charge on any atom is -0.424 e. The van der Waals surface area contributed by atoms with Gasteiger partial charge in [0.15, 0.2) is 4.34 Å². The topological polar surface area (TPSA) is 76.7 Å². The van der Waals surface area contributed by atoms with Crippen LogP contribution in [0.3, 0.4) is 0 Å². The highest BCUT2D eigenvalue weighted by Gasteiger charge is 2.17. The Labute approximate surface area is 142 Å². The molecule has 0 aliphatic heterocycles. The molecule has 2 heterocycles. The van der Waals surface area contributed by atoms with Gasteiger partial charge in [0.2, 0.25) is 16.9 Å². The molecule has 8 heteroatoms. The minimum absolute atomic E-state index is 0.0404. The Kier molecular flexibility index (Phi) is 4.63. The second-order valence-corrected chi connectivity index (χ2v) is 7.78. The summed E-state index contributed by atoms with van der Waals surface area (Å²) in [6.45, 7) is 7.98. The lowest BCUT2D eigenvalue weighted by Crippen LogP contribution is -1.91. The first-order chi connectivity index (χ1) is 11.0. The van der Waals surface area contributed by atoms with Crippen LogP contribution in [0.25, 0.3) is 0 Å². The molecule has 0 saturated heterocycles. The van der Waals surface area contributed by atoms with Crippen LogP contribution in [0.4, 0.5) is 10.8 Å². The predicted octanol–water partition coefficient (Wildman–Crippen LogP) is 4.44. The van der Waals surface area contributed by atoms with Crippen LogP contribution in [0.1, 0.15) is 35.1 Å². The Bertz CT molecular complexity index is 814. The van der Waals surface area contributed by atoms with Crippen molar-refractivity contribution in [1.82, 2.24) is 20.4 Å². The summed E-state index contributed by atoms with van der Waals surface area (Å²) >= 11 is 3.06. The molecule has 1 N–H and O–H groups in total. The Morgan fingerprint density at radius 3 is 2.61 bits per heavy atom.